The Kier molecular flexibility index (Phi) is 6.35. The summed E-state index contributed by atoms with van der Waals surface area (Å²) in [6.45, 7) is 0.481. The molecule has 2 amide bonds. The number of carbonyl (C=O) groups is 1. The lowest BCUT2D eigenvalue weighted by atomic mass is 10.1. The first kappa shape index (κ1) is 22.1. The fourth-order valence-electron chi connectivity index (χ4n) is 2.91. The number of rotatable bonds is 4. The third-order valence-corrected chi connectivity index (χ3v) is 4.76. The van der Waals surface area contributed by atoms with E-state index in [1.807, 2.05) is 7.05 Å². The van der Waals surface area contributed by atoms with Crippen LogP contribution in [0.25, 0.3) is 5.70 Å². The van der Waals surface area contributed by atoms with Crippen LogP contribution in [0, 0.1) is 0 Å². The van der Waals surface area contributed by atoms with Crippen LogP contribution in [0.5, 0.6) is 5.75 Å². The number of nitrogens with one attached hydrogen (secondary N) is 3. The molecule has 3 rings (SSSR count). The number of benzene rings is 2. The molecule has 0 atom stereocenters. The predicted octanol–water partition coefficient (Wildman–Crippen LogP) is 5.37. The largest absolute Gasteiger partial charge is 0.496 e. The smallest absolute Gasteiger partial charge is 0.418 e. The van der Waals surface area contributed by atoms with Crippen LogP contribution in [0.4, 0.5) is 29.3 Å². The van der Waals surface area contributed by atoms with Crippen LogP contribution in [-0.4, -0.2) is 31.7 Å². The van der Waals surface area contributed by atoms with Gasteiger partial charge in [-0.25, -0.2) is 9.80 Å². The number of alkyl halides is 3. The topological polar surface area (TPSA) is 65.6 Å². The van der Waals surface area contributed by atoms with Crippen LogP contribution < -0.4 is 20.8 Å². The van der Waals surface area contributed by atoms with Gasteiger partial charge in [0, 0.05) is 23.3 Å². The molecule has 30 heavy (non-hydrogen) atoms. The van der Waals surface area contributed by atoms with Crippen molar-refractivity contribution in [2.24, 2.45) is 0 Å². The minimum absolute atomic E-state index is 0.0905. The second-order valence-corrected chi connectivity index (χ2v) is 7.32. The molecule has 0 radical (unpaired) electrons. The van der Waals surface area contributed by atoms with Crippen LogP contribution in [0.2, 0.25) is 5.02 Å². The van der Waals surface area contributed by atoms with E-state index < -0.39 is 23.5 Å². The molecule has 2 aromatic carbocycles. The Labute approximate surface area is 180 Å². The van der Waals surface area contributed by atoms with E-state index in [0.717, 1.165) is 12.1 Å². The SMILES string of the molecule is COc1ccc(NC(=O)Nc2ccc(Cl)cc2C(F)(F)F)cc1C1=C(Cl)CN(C)N1. The Hall–Kier alpha value is -2.62. The van der Waals surface area contributed by atoms with Crippen molar-refractivity contribution in [2.75, 3.05) is 31.3 Å². The second kappa shape index (κ2) is 8.63. The van der Waals surface area contributed by atoms with E-state index in [9.17, 15) is 18.0 Å². The van der Waals surface area contributed by atoms with Crippen LogP contribution in [-0.2, 0) is 6.18 Å². The van der Waals surface area contributed by atoms with Crippen LogP contribution >= 0.6 is 23.2 Å². The van der Waals surface area contributed by atoms with Gasteiger partial charge >= 0.3 is 12.2 Å². The maximum atomic E-state index is 13.2. The summed E-state index contributed by atoms with van der Waals surface area (Å²) < 4.78 is 45.0. The van der Waals surface area contributed by atoms with Gasteiger partial charge in [-0.1, -0.05) is 23.2 Å². The molecule has 0 aliphatic carbocycles. The number of hydrogen-bond donors (Lipinski definition) is 3. The van der Waals surface area contributed by atoms with Crippen molar-refractivity contribution in [3.8, 4) is 5.75 Å². The number of ether oxygens (including phenoxy) is 1. The van der Waals surface area contributed by atoms with Crippen molar-refractivity contribution in [2.45, 2.75) is 6.18 Å². The fraction of sp³-hybridized carbons (Fsp3) is 0.211. The zero-order valence-corrected chi connectivity index (χ0v) is 17.3. The molecule has 0 spiro atoms. The molecule has 0 saturated carbocycles. The molecular weight excluding hydrogens is 444 g/mol. The van der Waals surface area contributed by atoms with Crippen molar-refractivity contribution in [1.29, 1.82) is 0 Å². The van der Waals surface area contributed by atoms with E-state index in [-0.39, 0.29) is 5.02 Å². The first-order chi connectivity index (χ1) is 14.1. The summed E-state index contributed by atoms with van der Waals surface area (Å²) in [7, 11) is 3.30. The van der Waals surface area contributed by atoms with Crippen molar-refractivity contribution >= 4 is 46.3 Å². The summed E-state index contributed by atoms with van der Waals surface area (Å²) in [6.07, 6.45) is -4.68. The number of halogens is 5. The zero-order valence-electron chi connectivity index (χ0n) is 15.8. The van der Waals surface area contributed by atoms with Crippen molar-refractivity contribution in [3.05, 3.63) is 57.6 Å². The van der Waals surface area contributed by atoms with E-state index in [2.05, 4.69) is 16.1 Å². The van der Waals surface area contributed by atoms with E-state index >= 15 is 0 Å². The molecule has 0 aromatic heterocycles. The van der Waals surface area contributed by atoms with Gasteiger partial charge < -0.3 is 20.8 Å². The van der Waals surface area contributed by atoms with E-state index in [1.165, 1.54) is 13.2 Å². The summed E-state index contributed by atoms with van der Waals surface area (Å²) >= 11 is 11.9. The first-order valence-corrected chi connectivity index (χ1v) is 9.33. The Balaban J connectivity index is 1.83. The average Bonchev–Trinajstić information content (AvgIpc) is 3.00. The standard InChI is InChI=1S/C19H17Cl2F3N4O2/c1-28-9-14(21)17(27-28)12-8-11(4-6-16(12)30-2)25-18(29)26-15-5-3-10(20)7-13(15)19(22,23)24/h3-8,27H,9H2,1-2H3,(H2,25,26,29). The van der Waals surface area contributed by atoms with Crippen molar-refractivity contribution in [1.82, 2.24) is 10.4 Å². The quantitative estimate of drug-likeness (QED) is 0.573. The lowest BCUT2D eigenvalue weighted by Gasteiger charge is -2.17. The van der Waals surface area contributed by atoms with E-state index in [0.29, 0.717) is 34.3 Å². The van der Waals surface area contributed by atoms with Gasteiger partial charge in [-0.05, 0) is 36.4 Å². The zero-order chi connectivity index (χ0) is 22.1. The van der Waals surface area contributed by atoms with Crippen LogP contribution in [0.1, 0.15) is 11.1 Å². The molecule has 1 heterocycles. The Morgan fingerprint density at radius 1 is 1.17 bits per heavy atom. The van der Waals surface area contributed by atoms with Gasteiger partial charge in [0.05, 0.1) is 35.6 Å². The third-order valence-electron chi connectivity index (χ3n) is 4.21. The van der Waals surface area contributed by atoms with Gasteiger partial charge in [0.15, 0.2) is 0 Å². The monoisotopic (exact) mass is 460 g/mol. The van der Waals surface area contributed by atoms with Gasteiger partial charge in [0.1, 0.15) is 5.75 Å². The molecule has 6 nitrogen and oxygen atoms in total. The van der Waals surface area contributed by atoms with Gasteiger partial charge in [0.25, 0.3) is 0 Å². The highest BCUT2D eigenvalue weighted by atomic mass is 35.5. The van der Waals surface area contributed by atoms with Gasteiger partial charge in [-0.2, -0.15) is 13.2 Å². The number of carbonyl (C=O) groups excluding carboxylic acids is 1. The Morgan fingerprint density at radius 3 is 2.50 bits per heavy atom. The van der Waals surface area contributed by atoms with Crippen LogP contribution in [0.15, 0.2) is 41.4 Å². The molecule has 0 fully saturated rings. The summed E-state index contributed by atoms with van der Waals surface area (Å²) in [5.74, 6) is 0.508. The number of anilines is 2. The minimum Gasteiger partial charge on any atom is -0.496 e. The molecule has 3 N–H and O–H groups in total. The number of nitrogens with zero attached hydrogens (tertiary/aromatic N) is 1. The number of hydrazine groups is 1. The molecule has 11 heteroatoms. The highest BCUT2D eigenvalue weighted by Crippen LogP contribution is 2.37. The van der Waals surface area contributed by atoms with Crippen molar-refractivity contribution < 1.29 is 22.7 Å². The van der Waals surface area contributed by atoms with Crippen LogP contribution in [0.3, 0.4) is 0 Å². The third kappa shape index (κ3) is 4.92. The Morgan fingerprint density at radius 2 is 1.90 bits per heavy atom. The lowest BCUT2D eigenvalue weighted by molar-refractivity contribution is -0.136. The maximum Gasteiger partial charge on any atom is 0.418 e. The number of hydrogen-bond acceptors (Lipinski definition) is 4. The number of amides is 2. The normalized spacial score (nSPS) is 14.5. The molecule has 0 saturated heterocycles. The van der Waals surface area contributed by atoms with E-state index in [1.54, 1.807) is 23.2 Å². The van der Waals surface area contributed by atoms with Gasteiger partial charge in [-0.15, -0.1) is 0 Å². The fourth-order valence-corrected chi connectivity index (χ4v) is 3.41. The van der Waals surface area contributed by atoms with Crippen molar-refractivity contribution in [3.63, 3.8) is 0 Å². The molecule has 0 bridgehead atoms. The summed E-state index contributed by atoms with van der Waals surface area (Å²) in [5, 5.41) is 6.94. The lowest BCUT2D eigenvalue weighted by Crippen LogP contribution is -2.27. The summed E-state index contributed by atoms with van der Waals surface area (Å²) in [6, 6.07) is 7.03. The average molecular weight is 461 g/mol. The van der Waals surface area contributed by atoms with Gasteiger partial charge in [-0.3, -0.25) is 0 Å². The number of likely N-dealkylation sites (N-methyl/N-ethyl adjacent to an activating group) is 1. The number of methoxy groups -OCH3 is 1. The highest BCUT2D eigenvalue weighted by molar-refractivity contribution is 6.33. The second-order valence-electron chi connectivity index (χ2n) is 6.43. The molecule has 1 aliphatic rings. The first-order valence-electron chi connectivity index (χ1n) is 8.58. The molecule has 1 aliphatic heterocycles. The summed E-state index contributed by atoms with van der Waals surface area (Å²) in [4.78, 5) is 12.3. The molecule has 0 unspecified atom stereocenters. The number of urea groups is 1. The van der Waals surface area contributed by atoms with Gasteiger partial charge in [0.2, 0.25) is 0 Å². The predicted molar refractivity (Wildman–Crippen MR) is 111 cm³/mol. The molecule has 160 valence electrons. The molecular formula is C19H17Cl2F3N4O2. The maximum absolute atomic E-state index is 13.2. The highest BCUT2D eigenvalue weighted by Gasteiger charge is 2.34. The van der Waals surface area contributed by atoms with E-state index in [4.69, 9.17) is 27.9 Å². The molecule has 2 aromatic rings. The Bertz CT molecular complexity index is 1010. The summed E-state index contributed by atoms with van der Waals surface area (Å²) in [5.41, 5.74) is 3.15. The minimum atomic E-state index is -4.68.